The molecule has 0 aliphatic carbocycles. The van der Waals surface area contributed by atoms with Gasteiger partial charge in [-0.05, 0) is 43.3 Å². The fraction of sp³-hybridized carbons (Fsp3) is 0.150. The zero-order chi connectivity index (χ0) is 16.8. The molecule has 0 aliphatic heterocycles. The third-order valence-electron chi connectivity index (χ3n) is 3.72. The summed E-state index contributed by atoms with van der Waals surface area (Å²) < 4.78 is 5.72. The van der Waals surface area contributed by atoms with E-state index < -0.39 is 0 Å². The van der Waals surface area contributed by atoms with Crippen molar-refractivity contribution < 1.29 is 4.74 Å². The second kappa shape index (κ2) is 7.38. The topological polar surface area (TPSA) is 60.8 Å². The minimum absolute atomic E-state index is 0.247. The van der Waals surface area contributed by atoms with Crippen molar-refractivity contribution in [3.05, 3.63) is 65.9 Å². The van der Waals surface area contributed by atoms with Crippen LogP contribution in [0.4, 0.5) is 5.69 Å². The van der Waals surface area contributed by atoms with Crippen molar-refractivity contribution in [1.82, 2.24) is 4.98 Å². The number of hydrogen-bond donors (Lipinski definition) is 2. The highest BCUT2D eigenvalue weighted by atomic mass is 16.5. The quantitative estimate of drug-likeness (QED) is 0.654. The van der Waals surface area contributed by atoms with Gasteiger partial charge in [0.25, 0.3) is 0 Å². The van der Waals surface area contributed by atoms with Gasteiger partial charge in [0.2, 0.25) is 0 Å². The van der Waals surface area contributed by atoms with Crippen molar-refractivity contribution in [2.45, 2.75) is 6.92 Å². The van der Waals surface area contributed by atoms with Crippen LogP contribution in [-0.4, -0.2) is 18.1 Å². The van der Waals surface area contributed by atoms with Crippen LogP contribution >= 0.6 is 0 Å². The average Bonchev–Trinajstić information content (AvgIpc) is 3.03. The molecule has 24 heavy (non-hydrogen) atoms. The van der Waals surface area contributed by atoms with Gasteiger partial charge in [-0.15, -0.1) is 0 Å². The van der Waals surface area contributed by atoms with Crippen LogP contribution in [0.15, 0.2) is 60.3 Å². The first kappa shape index (κ1) is 15.7. The molecule has 1 aromatic heterocycles. The number of ether oxygens (including phenoxy) is 1. The maximum absolute atomic E-state index is 9.37. The van der Waals surface area contributed by atoms with Gasteiger partial charge in [-0.2, -0.15) is 5.26 Å². The van der Waals surface area contributed by atoms with Crippen LogP contribution in [0, 0.1) is 11.3 Å². The van der Waals surface area contributed by atoms with E-state index in [2.05, 4.69) is 23.3 Å². The summed E-state index contributed by atoms with van der Waals surface area (Å²) in [6, 6.07) is 18.0. The second-order valence-electron chi connectivity index (χ2n) is 5.41. The van der Waals surface area contributed by atoms with Crippen molar-refractivity contribution in [2.24, 2.45) is 0 Å². The van der Waals surface area contributed by atoms with E-state index in [0.29, 0.717) is 5.57 Å². The van der Waals surface area contributed by atoms with Crippen molar-refractivity contribution in [1.29, 1.82) is 5.26 Å². The fourth-order valence-electron chi connectivity index (χ4n) is 2.54. The molecule has 0 spiro atoms. The van der Waals surface area contributed by atoms with Gasteiger partial charge >= 0.3 is 0 Å². The lowest BCUT2D eigenvalue weighted by atomic mass is 10.1. The molecule has 2 aromatic carbocycles. The van der Waals surface area contributed by atoms with Gasteiger partial charge < -0.3 is 15.0 Å². The number of fused-ring (bicyclic) bond motifs is 1. The number of hydrogen-bond acceptors (Lipinski definition) is 3. The van der Waals surface area contributed by atoms with E-state index in [0.717, 1.165) is 34.4 Å². The lowest BCUT2D eigenvalue weighted by Gasteiger charge is -2.07. The van der Waals surface area contributed by atoms with Gasteiger partial charge in [0.05, 0.1) is 11.6 Å². The third-order valence-corrected chi connectivity index (χ3v) is 3.72. The predicted molar refractivity (Wildman–Crippen MR) is 98.0 cm³/mol. The van der Waals surface area contributed by atoms with E-state index in [1.807, 2.05) is 60.8 Å². The van der Waals surface area contributed by atoms with Crippen LogP contribution in [-0.2, 0) is 0 Å². The third kappa shape index (κ3) is 3.58. The molecule has 0 aliphatic rings. The zero-order valence-electron chi connectivity index (χ0n) is 13.5. The predicted octanol–water partition coefficient (Wildman–Crippen LogP) is 4.59. The molecule has 0 fully saturated rings. The van der Waals surface area contributed by atoms with Gasteiger partial charge in [0, 0.05) is 34.9 Å². The smallest absolute Gasteiger partial charge is 0.123 e. The first-order chi connectivity index (χ1) is 11.8. The Morgan fingerprint density at radius 1 is 1.21 bits per heavy atom. The molecule has 0 amide bonds. The molecule has 0 radical (unpaired) electrons. The highest BCUT2D eigenvalue weighted by molar-refractivity contribution is 5.89. The SMILES string of the molecule is CCNc1ccc(OCC(C#N)=Cc2c[nH]c3ccccc23)cc1. The number of anilines is 1. The standard InChI is InChI=1S/C20H19N3O/c1-2-22-17-7-9-18(10-8-17)24-14-15(12-21)11-16-13-23-20-6-4-3-5-19(16)20/h3-11,13,22-23H,2,14H2,1H3. The Hall–Kier alpha value is -3.19. The van der Waals surface area contributed by atoms with Crippen LogP contribution in [0.2, 0.25) is 0 Å². The van der Waals surface area contributed by atoms with Crippen LogP contribution in [0.5, 0.6) is 5.75 Å². The molecule has 4 nitrogen and oxygen atoms in total. The molecule has 0 saturated carbocycles. The summed E-state index contributed by atoms with van der Waals surface area (Å²) in [7, 11) is 0. The number of benzene rings is 2. The molecule has 0 atom stereocenters. The number of aromatic amines is 1. The highest BCUT2D eigenvalue weighted by Crippen LogP contribution is 2.21. The summed E-state index contributed by atoms with van der Waals surface area (Å²) in [4.78, 5) is 3.21. The molecule has 0 unspecified atom stereocenters. The number of nitriles is 1. The highest BCUT2D eigenvalue weighted by Gasteiger charge is 2.04. The monoisotopic (exact) mass is 317 g/mol. The number of aromatic nitrogens is 1. The van der Waals surface area contributed by atoms with Gasteiger partial charge in [0.15, 0.2) is 0 Å². The number of nitrogens with one attached hydrogen (secondary N) is 2. The minimum Gasteiger partial charge on any atom is -0.488 e. The number of rotatable bonds is 6. The first-order valence-electron chi connectivity index (χ1n) is 7.93. The van der Waals surface area contributed by atoms with E-state index in [4.69, 9.17) is 4.74 Å². The number of H-pyrrole nitrogens is 1. The average molecular weight is 317 g/mol. The molecule has 4 heteroatoms. The Balaban J connectivity index is 1.71. The van der Waals surface area contributed by atoms with Gasteiger partial charge in [-0.25, -0.2) is 0 Å². The lowest BCUT2D eigenvalue weighted by Crippen LogP contribution is -2.00. The Kier molecular flexibility index (Phi) is 4.83. The van der Waals surface area contributed by atoms with Crippen molar-refractivity contribution in [3.8, 4) is 11.8 Å². The van der Waals surface area contributed by atoms with Crippen molar-refractivity contribution in [3.63, 3.8) is 0 Å². The maximum atomic E-state index is 9.37. The van der Waals surface area contributed by atoms with Gasteiger partial charge in [-0.1, -0.05) is 18.2 Å². The molecular weight excluding hydrogens is 298 g/mol. The normalized spacial score (nSPS) is 11.2. The number of para-hydroxylation sites is 1. The Labute approximate surface area is 141 Å². The van der Waals surface area contributed by atoms with Gasteiger partial charge in [-0.3, -0.25) is 0 Å². The summed E-state index contributed by atoms with van der Waals surface area (Å²) in [6.45, 7) is 3.18. The van der Waals surface area contributed by atoms with Crippen LogP contribution < -0.4 is 10.1 Å². The van der Waals surface area contributed by atoms with E-state index in [-0.39, 0.29) is 6.61 Å². The minimum atomic E-state index is 0.247. The summed E-state index contributed by atoms with van der Waals surface area (Å²) in [5, 5.41) is 13.7. The Morgan fingerprint density at radius 2 is 2.00 bits per heavy atom. The van der Waals surface area contributed by atoms with Gasteiger partial charge in [0.1, 0.15) is 12.4 Å². The molecule has 3 rings (SSSR count). The van der Waals surface area contributed by atoms with Crippen LogP contribution in [0.3, 0.4) is 0 Å². The molecule has 1 heterocycles. The summed E-state index contributed by atoms with van der Waals surface area (Å²) >= 11 is 0. The maximum Gasteiger partial charge on any atom is 0.123 e. The fourth-order valence-corrected chi connectivity index (χ4v) is 2.54. The summed E-state index contributed by atoms with van der Waals surface area (Å²) in [6.07, 6.45) is 3.78. The molecule has 0 saturated heterocycles. The second-order valence-corrected chi connectivity index (χ2v) is 5.41. The Bertz CT molecular complexity index is 885. The zero-order valence-corrected chi connectivity index (χ0v) is 13.5. The molecule has 3 aromatic rings. The van der Waals surface area contributed by atoms with Crippen LogP contribution in [0.25, 0.3) is 17.0 Å². The van der Waals surface area contributed by atoms with E-state index in [1.54, 1.807) is 0 Å². The van der Waals surface area contributed by atoms with Crippen LogP contribution in [0.1, 0.15) is 12.5 Å². The lowest BCUT2D eigenvalue weighted by molar-refractivity contribution is 0.357. The van der Waals surface area contributed by atoms with E-state index >= 15 is 0 Å². The van der Waals surface area contributed by atoms with Crippen molar-refractivity contribution >= 4 is 22.7 Å². The summed E-state index contributed by atoms with van der Waals surface area (Å²) in [5.74, 6) is 0.747. The Morgan fingerprint density at radius 3 is 2.75 bits per heavy atom. The molecular formula is C20H19N3O. The largest absolute Gasteiger partial charge is 0.488 e. The molecule has 2 N–H and O–H groups in total. The van der Waals surface area contributed by atoms with E-state index in [1.165, 1.54) is 0 Å². The van der Waals surface area contributed by atoms with Crippen molar-refractivity contribution in [2.75, 3.05) is 18.5 Å². The molecule has 0 bridgehead atoms. The molecule has 120 valence electrons. The first-order valence-corrected chi connectivity index (χ1v) is 7.93. The number of nitrogens with zero attached hydrogens (tertiary/aromatic N) is 1. The summed E-state index contributed by atoms with van der Waals surface area (Å²) in [5.41, 5.74) is 3.68. The van der Waals surface area contributed by atoms with E-state index in [9.17, 15) is 5.26 Å².